The standard InChI is InChI=1S/C19H26N4O4/c1-11(2)7-16(19(26)27)23-18(25)15(22-17(24)9-20)8-12-10-21-14-6-4-3-5-13(12)14/h3-6,10-11,15-16,21H,7-9,20H2,1-2H3,(H,22,24)(H,23,25)(H,26,27). The number of nitrogens with one attached hydrogen (secondary N) is 3. The number of rotatable bonds is 9. The first-order valence-corrected chi connectivity index (χ1v) is 8.89. The summed E-state index contributed by atoms with van der Waals surface area (Å²) in [6, 6.07) is 5.67. The number of aromatic nitrogens is 1. The monoisotopic (exact) mass is 374 g/mol. The Morgan fingerprint density at radius 1 is 1.15 bits per heavy atom. The molecule has 0 aliphatic carbocycles. The minimum absolute atomic E-state index is 0.0945. The highest BCUT2D eigenvalue weighted by atomic mass is 16.4. The van der Waals surface area contributed by atoms with Crippen LogP contribution in [-0.2, 0) is 20.8 Å². The lowest BCUT2D eigenvalue weighted by molar-refractivity contribution is -0.142. The molecule has 1 aromatic carbocycles. The van der Waals surface area contributed by atoms with E-state index in [-0.39, 0.29) is 18.9 Å². The van der Waals surface area contributed by atoms with Crippen molar-refractivity contribution in [1.82, 2.24) is 15.6 Å². The van der Waals surface area contributed by atoms with E-state index in [2.05, 4.69) is 15.6 Å². The fourth-order valence-corrected chi connectivity index (χ4v) is 2.95. The van der Waals surface area contributed by atoms with Crippen LogP contribution in [0.2, 0.25) is 0 Å². The Morgan fingerprint density at radius 3 is 2.48 bits per heavy atom. The lowest BCUT2D eigenvalue weighted by Crippen LogP contribution is -2.53. The number of carboxylic acid groups (broad SMARTS) is 1. The van der Waals surface area contributed by atoms with Gasteiger partial charge in [-0.2, -0.15) is 0 Å². The van der Waals surface area contributed by atoms with Crippen LogP contribution in [0.4, 0.5) is 0 Å². The first kappa shape index (κ1) is 20.4. The number of hydrogen-bond acceptors (Lipinski definition) is 4. The number of benzene rings is 1. The first-order valence-electron chi connectivity index (χ1n) is 8.89. The van der Waals surface area contributed by atoms with E-state index in [0.717, 1.165) is 16.5 Å². The van der Waals surface area contributed by atoms with E-state index in [0.29, 0.717) is 6.42 Å². The molecular weight excluding hydrogens is 348 g/mol. The van der Waals surface area contributed by atoms with Crippen molar-refractivity contribution in [3.63, 3.8) is 0 Å². The molecule has 27 heavy (non-hydrogen) atoms. The van der Waals surface area contributed by atoms with Crippen LogP contribution in [0, 0.1) is 5.92 Å². The Kier molecular flexibility index (Phi) is 6.95. The maximum absolute atomic E-state index is 12.7. The number of fused-ring (bicyclic) bond motifs is 1. The smallest absolute Gasteiger partial charge is 0.326 e. The largest absolute Gasteiger partial charge is 0.480 e. The summed E-state index contributed by atoms with van der Waals surface area (Å²) in [6.07, 6.45) is 2.30. The molecule has 0 saturated heterocycles. The molecule has 0 radical (unpaired) electrons. The van der Waals surface area contributed by atoms with E-state index in [1.165, 1.54) is 0 Å². The highest BCUT2D eigenvalue weighted by Gasteiger charge is 2.27. The van der Waals surface area contributed by atoms with Gasteiger partial charge in [-0.25, -0.2) is 4.79 Å². The summed E-state index contributed by atoms with van der Waals surface area (Å²) in [5, 5.41) is 15.4. The fraction of sp³-hybridized carbons (Fsp3) is 0.421. The van der Waals surface area contributed by atoms with Crippen molar-refractivity contribution in [2.24, 2.45) is 11.7 Å². The van der Waals surface area contributed by atoms with Gasteiger partial charge in [0.15, 0.2) is 0 Å². The van der Waals surface area contributed by atoms with Crippen LogP contribution >= 0.6 is 0 Å². The molecule has 6 N–H and O–H groups in total. The van der Waals surface area contributed by atoms with Crippen molar-refractivity contribution >= 4 is 28.7 Å². The molecule has 2 aromatic rings. The van der Waals surface area contributed by atoms with Crippen molar-refractivity contribution in [3.05, 3.63) is 36.0 Å². The molecule has 0 aliphatic heterocycles. The Bertz CT molecular complexity index is 815. The summed E-state index contributed by atoms with van der Waals surface area (Å²) in [5.74, 6) is -2.04. The third-order valence-electron chi connectivity index (χ3n) is 4.26. The normalized spacial score (nSPS) is 13.3. The fourth-order valence-electron chi connectivity index (χ4n) is 2.95. The molecule has 2 rings (SSSR count). The van der Waals surface area contributed by atoms with Crippen LogP contribution in [0.5, 0.6) is 0 Å². The van der Waals surface area contributed by atoms with E-state index in [1.54, 1.807) is 6.20 Å². The van der Waals surface area contributed by atoms with Crippen molar-refractivity contribution in [2.45, 2.75) is 38.8 Å². The summed E-state index contributed by atoms with van der Waals surface area (Å²) < 4.78 is 0. The SMILES string of the molecule is CC(C)CC(NC(=O)C(Cc1c[nH]c2ccccc12)NC(=O)CN)C(=O)O. The number of H-pyrrole nitrogens is 1. The second-order valence-corrected chi connectivity index (χ2v) is 6.92. The molecule has 146 valence electrons. The number of aromatic amines is 1. The van der Waals surface area contributed by atoms with Crippen LogP contribution in [0.1, 0.15) is 25.8 Å². The summed E-state index contributed by atoms with van der Waals surface area (Å²) in [5.41, 5.74) is 7.12. The maximum Gasteiger partial charge on any atom is 0.326 e. The van der Waals surface area contributed by atoms with E-state index < -0.39 is 29.9 Å². The van der Waals surface area contributed by atoms with E-state index in [1.807, 2.05) is 38.1 Å². The van der Waals surface area contributed by atoms with Gasteiger partial charge in [-0.1, -0.05) is 32.0 Å². The van der Waals surface area contributed by atoms with Crippen LogP contribution in [0.3, 0.4) is 0 Å². The lowest BCUT2D eigenvalue weighted by Gasteiger charge is -2.22. The molecule has 0 aliphatic rings. The van der Waals surface area contributed by atoms with Crippen molar-refractivity contribution in [2.75, 3.05) is 6.54 Å². The summed E-state index contributed by atoms with van der Waals surface area (Å²) >= 11 is 0. The number of nitrogens with two attached hydrogens (primary N) is 1. The predicted octanol–water partition coefficient (Wildman–Crippen LogP) is 0.769. The highest BCUT2D eigenvalue weighted by Crippen LogP contribution is 2.19. The summed E-state index contributed by atoms with van der Waals surface area (Å²) in [7, 11) is 0. The molecule has 2 amide bonds. The molecular formula is C19H26N4O4. The van der Waals surface area contributed by atoms with Crippen molar-refractivity contribution in [3.8, 4) is 0 Å². The number of carbonyl (C=O) groups excluding carboxylic acids is 2. The zero-order chi connectivity index (χ0) is 20.0. The predicted molar refractivity (Wildman–Crippen MR) is 102 cm³/mol. The van der Waals surface area contributed by atoms with Gasteiger partial charge in [-0.15, -0.1) is 0 Å². The highest BCUT2D eigenvalue weighted by molar-refractivity contribution is 5.92. The quantitative estimate of drug-likeness (QED) is 0.441. The molecule has 0 fully saturated rings. The van der Waals surface area contributed by atoms with E-state index >= 15 is 0 Å². The Balaban J connectivity index is 2.21. The second kappa shape index (κ2) is 9.18. The lowest BCUT2D eigenvalue weighted by atomic mass is 10.0. The second-order valence-electron chi connectivity index (χ2n) is 6.92. The molecule has 1 aromatic heterocycles. The zero-order valence-corrected chi connectivity index (χ0v) is 15.5. The number of hydrogen-bond donors (Lipinski definition) is 5. The number of carboxylic acids is 1. The van der Waals surface area contributed by atoms with Crippen LogP contribution in [0.15, 0.2) is 30.5 Å². The Labute approximate surface area is 157 Å². The zero-order valence-electron chi connectivity index (χ0n) is 15.5. The van der Waals surface area contributed by atoms with Gasteiger partial charge in [0.2, 0.25) is 11.8 Å². The number of amides is 2. The third-order valence-corrected chi connectivity index (χ3v) is 4.26. The van der Waals surface area contributed by atoms with Gasteiger partial charge in [-0.3, -0.25) is 9.59 Å². The van der Waals surface area contributed by atoms with Gasteiger partial charge in [0.05, 0.1) is 6.54 Å². The van der Waals surface area contributed by atoms with Gasteiger partial charge in [0.1, 0.15) is 12.1 Å². The molecule has 0 spiro atoms. The molecule has 8 heteroatoms. The minimum atomic E-state index is -1.10. The summed E-state index contributed by atoms with van der Waals surface area (Å²) in [4.78, 5) is 39.0. The first-order chi connectivity index (χ1) is 12.8. The minimum Gasteiger partial charge on any atom is -0.480 e. The molecule has 0 bridgehead atoms. The van der Waals surface area contributed by atoms with E-state index in [4.69, 9.17) is 5.73 Å². The average molecular weight is 374 g/mol. The average Bonchev–Trinajstić information content (AvgIpc) is 3.03. The molecule has 0 saturated carbocycles. The number of aliphatic carboxylic acids is 1. The van der Waals surface area contributed by atoms with Gasteiger partial charge in [0.25, 0.3) is 0 Å². The number of para-hydroxylation sites is 1. The van der Waals surface area contributed by atoms with Gasteiger partial charge < -0.3 is 26.5 Å². The van der Waals surface area contributed by atoms with Gasteiger partial charge in [-0.05, 0) is 24.0 Å². The van der Waals surface area contributed by atoms with Crippen LogP contribution in [-0.4, -0.2) is 46.5 Å². The molecule has 1 heterocycles. The van der Waals surface area contributed by atoms with Crippen LogP contribution in [0.25, 0.3) is 10.9 Å². The van der Waals surface area contributed by atoms with Gasteiger partial charge >= 0.3 is 5.97 Å². The molecule has 8 nitrogen and oxygen atoms in total. The van der Waals surface area contributed by atoms with Crippen molar-refractivity contribution < 1.29 is 19.5 Å². The maximum atomic E-state index is 12.7. The van der Waals surface area contributed by atoms with Gasteiger partial charge in [0, 0.05) is 23.5 Å². The topological polar surface area (TPSA) is 137 Å². The number of carbonyl (C=O) groups is 3. The summed E-state index contributed by atoms with van der Waals surface area (Å²) in [6.45, 7) is 3.50. The molecule has 2 unspecified atom stereocenters. The third kappa shape index (κ3) is 5.55. The van der Waals surface area contributed by atoms with Crippen LogP contribution < -0.4 is 16.4 Å². The Morgan fingerprint density at radius 2 is 1.85 bits per heavy atom. The van der Waals surface area contributed by atoms with E-state index in [9.17, 15) is 19.5 Å². The van der Waals surface area contributed by atoms with Crippen molar-refractivity contribution in [1.29, 1.82) is 0 Å². The molecule has 2 atom stereocenters. The Hall–Kier alpha value is -2.87.